The van der Waals surface area contributed by atoms with Crippen LogP contribution in [0.4, 0.5) is 0 Å². The van der Waals surface area contributed by atoms with Crippen LogP contribution in [0.25, 0.3) is 0 Å². The summed E-state index contributed by atoms with van der Waals surface area (Å²) in [6.07, 6.45) is 0. The molecule has 0 fully saturated rings. The lowest BCUT2D eigenvalue weighted by molar-refractivity contribution is 0.111. The predicted molar refractivity (Wildman–Crippen MR) is 82.6 cm³/mol. The average Bonchev–Trinajstić information content (AvgIpc) is 2.52. The van der Waals surface area contributed by atoms with Gasteiger partial charge in [0, 0.05) is 11.8 Å². The molecule has 0 unspecified atom stereocenters. The van der Waals surface area contributed by atoms with Crippen LogP contribution in [0.5, 0.6) is 5.75 Å². The van der Waals surface area contributed by atoms with E-state index in [2.05, 4.69) is 18.2 Å². The number of alkyl halides is 1. The molecule has 0 aliphatic rings. The van der Waals surface area contributed by atoms with E-state index in [0.717, 1.165) is 11.3 Å². The van der Waals surface area contributed by atoms with Gasteiger partial charge in [-0.1, -0.05) is 42.5 Å². The highest BCUT2D eigenvalue weighted by atomic mass is 35.5. The summed E-state index contributed by atoms with van der Waals surface area (Å²) < 4.78 is 11.0. The van der Waals surface area contributed by atoms with Gasteiger partial charge in [-0.05, 0) is 23.3 Å². The quantitative estimate of drug-likeness (QED) is 0.710. The largest absolute Gasteiger partial charge is 0.497 e. The summed E-state index contributed by atoms with van der Waals surface area (Å²) in [5.74, 6) is 1.55. The van der Waals surface area contributed by atoms with Gasteiger partial charge in [0.25, 0.3) is 0 Å². The van der Waals surface area contributed by atoms with Gasteiger partial charge < -0.3 is 9.47 Å². The molecule has 2 aromatic carbocycles. The molecule has 0 saturated heterocycles. The monoisotopic (exact) mass is 290 g/mol. The van der Waals surface area contributed by atoms with Gasteiger partial charge in [-0.25, -0.2) is 0 Å². The van der Waals surface area contributed by atoms with E-state index in [1.54, 1.807) is 7.11 Å². The Balaban J connectivity index is 1.91. The third kappa shape index (κ3) is 4.26. The highest BCUT2D eigenvalue weighted by Gasteiger charge is 2.11. The van der Waals surface area contributed by atoms with Crippen LogP contribution < -0.4 is 4.74 Å². The Hall–Kier alpha value is -1.51. The number of benzene rings is 2. The summed E-state index contributed by atoms with van der Waals surface area (Å²) in [6.45, 7) is 1.21. The first-order valence-electron chi connectivity index (χ1n) is 6.65. The number of hydrogen-bond donors (Lipinski definition) is 0. The van der Waals surface area contributed by atoms with Gasteiger partial charge in [0.1, 0.15) is 5.75 Å². The maximum atomic E-state index is 6.06. The normalized spacial score (nSPS) is 12.1. The second-order valence-electron chi connectivity index (χ2n) is 4.63. The smallest absolute Gasteiger partial charge is 0.119 e. The Morgan fingerprint density at radius 1 is 1.05 bits per heavy atom. The Kier molecular flexibility index (Phi) is 5.90. The summed E-state index contributed by atoms with van der Waals surface area (Å²) in [5.41, 5.74) is 2.32. The molecule has 0 N–H and O–H groups in total. The van der Waals surface area contributed by atoms with E-state index in [0.29, 0.717) is 19.1 Å². The van der Waals surface area contributed by atoms with Crippen LogP contribution in [0.3, 0.4) is 0 Å². The fourth-order valence-electron chi connectivity index (χ4n) is 2.02. The third-order valence-corrected chi connectivity index (χ3v) is 3.55. The first kappa shape index (κ1) is 14.9. The molecule has 0 aliphatic carbocycles. The minimum absolute atomic E-state index is 0.176. The summed E-state index contributed by atoms with van der Waals surface area (Å²) in [5, 5.41) is 0. The SMILES string of the molecule is COc1cccc([C@@H](CCl)COCc2ccccc2)c1. The standard InChI is InChI=1S/C17H19ClO2/c1-19-17-9-5-8-15(10-17)16(11-18)13-20-12-14-6-3-2-4-7-14/h2-10,16H,11-13H2,1H3/t16-/m0/s1. The maximum Gasteiger partial charge on any atom is 0.119 e. The second-order valence-corrected chi connectivity index (χ2v) is 4.94. The average molecular weight is 291 g/mol. The molecule has 0 aliphatic heterocycles. The van der Waals surface area contributed by atoms with Gasteiger partial charge in [-0.15, -0.1) is 11.6 Å². The Bertz CT molecular complexity index is 513. The highest BCUT2D eigenvalue weighted by Crippen LogP contribution is 2.22. The van der Waals surface area contributed by atoms with Gasteiger partial charge in [0.2, 0.25) is 0 Å². The van der Waals surface area contributed by atoms with Crippen molar-refractivity contribution in [1.82, 2.24) is 0 Å². The van der Waals surface area contributed by atoms with E-state index < -0.39 is 0 Å². The lowest BCUT2D eigenvalue weighted by Gasteiger charge is -2.15. The number of halogens is 1. The molecule has 0 amide bonds. The van der Waals surface area contributed by atoms with E-state index in [1.165, 1.54) is 5.56 Å². The zero-order valence-corrected chi connectivity index (χ0v) is 12.3. The molecule has 2 rings (SSSR count). The van der Waals surface area contributed by atoms with Crippen molar-refractivity contribution in [2.24, 2.45) is 0 Å². The van der Waals surface area contributed by atoms with Crippen molar-refractivity contribution in [3.05, 3.63) is 65.7 Å². The van der Waals surface area contributed by atoms with E-state index in [9.17, 15) is 0 Å². The molecular weight excluding hydrogens is 272 g/mol. The van der Waals surface area contributed by atoms with Gasteiger partial charge in [-0.2, -0.15) is 0 Å². The first-order chi connectivity index (χ1) is 9.83. The van der Waals surface area contributed by atoms with Crippen molar-refractivity contribution in [2.45, 2.75) is 12.5 Å². The number of methoxy groups -OCH3 is 1. The molecule has 3 heteroatoms. The van der Waals surface area contributed by atoms with E-state index in [-0.39, 0.29) is 5.92 Å². The topological polar surface area (TPSA) is 18.5 Å². The first-order valence-corrected chi connectivity index (χ1v) is 7.18. The molecule has 0 aromatic heterocycles. The van der Waals surface area contributed by atoms with E-state index in [4.69, 9.17) is 21.1 Å². The van der Waals surface area contributed by atoms with Gasteiger partial charge in [0.05, 0.1) is 20.3 Å². The van der Waals surface area contributed by atoms with Crippen molar-refractivity contribution in [1.29, 1.82) is 0 Å². The molecule has 0 bridgehead atoms. The minimum atomic E-state index is 0.176. The molecule has 0 radical (unpaired) electrons. The maximum absolute atomic E-state index is 6.06. The molecule has 20 heavy (non-hydrogen) atoms. The van der Waals surface area contributed by atoms with Crippen LogP contribution >= 0.6 is 11.6 Å². The summed E-state index contributed by atoms with van der Waals surface area (Å²) in [6, 6.07) is 18.1. The Morgan fingerprint density at radius 3 is 2.55 bits per heavy atom. The highest BCUT2D eigenvalue weighted by molar-refractivity contribution is 6.18. The van der Waals surface area contributed by atoms with Crippen molar-refractivity contribution in [3.63, 3.8) is 0 Å². The van der Waals surface area contributed by atoms with Crippen LogP contribution in [0.15, 0.2) is 54.6 Å². The minimum Gasteiger partial charge on any atom is -0.497 e. The lowest BCUT2D eigenvalue weighted by Crippen LogP contribution is -2.09. The zero-order chi connectivity index (χ0) is 14.2. The molecule has 2 nitrogen and oxygen atoms in total. The van der Waals surface area contributed by atoms with Gasteiger partial charge >= 0.3 is 0 Å². The van der Waals surface area contributed by atoms with Gasteiger partial charge in [0.15, 0.2) is 0 Å². The molecule has 2 aromatic rings. The Morgan fingerprint density at radius 2 is 1.85 bits per heavy atom. The zero-order valence-electron chi connectivity index (χ0n) is 11.6. The summed E-state index contributed by atoms with van der Waals surface area (Å²) in [4.78, 5) is 0. The molecule has 106 valence electrons. The van der Waals surface area contributed by atoms with Crippen molar-refractivity contribution in [3.8, 4) is 5.75 Å². The number of ether oxygens (including phenoxy) is 2. The summed E-state index contributed by atoms with van der Waals surface area (Å²) in [7, 11) is 1.67. The van der Waals surface area contributed by atoms with Crippen molar-refractivity contribution < 1.29 is 9.47 Å². The molecular formula is C17H19ClO2. The van der Waals surface area contributed by atoms with Crippen LogP contribution in [-0.4, -0.2) is 19.6 Å². The predicted octanol–water partition coefficient (Wildman–Crippen LogP) is 4.23. The van der Waals surface area contributed by atoms with Crippen LogP contribution in [0.2, 0.25) is 0 Å². The van der Waals surface area contributed by atoms with Crippen LogP contribution in [0.1, 0.15) is 17.0 Å². The van der Waals surface area contributed by atoms with E-state index >= 15 is 0 Å². The number of rotatable bonds is 7. The van der Waals surface area contributed by atoms with Crippen molar-refractivity contribution >= 4 is 11.6 Å². The molecule has 1 atom stereocenters. The fourth-order valence-corrected chi connectivity index (χ4v) is 2.29. The molecule has 0 heterocycles. The van der Waals surface area contributed by atoms with Crippen molar-refractivity contribution in [2.75, 3.05) is 19.6 Å². The van der Waals surface area contributed by atoms with Crippen LogP contribution in [0, 0.1) is 0 Å². The van der Waals surface area contributed by atoms with E-state index in [1.807, 2.05) is 36.4 Å². The third-order valence-electron chi connectivity index (χ3n) is 3.18. The van der Waals surface area contributed by atoms with Crippen LogP contribution in [-0.2, 0) is 11.3 Å². The van der Waals surface area contributed by atoms with Gasteiger partial charge in [-0.3, -0.25) is 0 Å². The molecule has 0 spiro atoms. The second kappa shape index (κ2) is 7.93. The summed E-state index contributed by atoms with van der Waals surface area (Å²) >= 11 is 6.06. The lowest BCUT2D eigenvalue weighted by atomic mass is 10.0. The fraction of sp³-hybridized carbons (Fsp3) is 0.294. The molecule has 0 saturated carbocycles. The number of hydrogen-bond acceptors (Lipinski definition) is 2. The Labute approximate surface area is 125 Å².